The zero-order valence-corrected chi connectivity index (χ0v) is 12.4. The van der Waals surface area contributed by atoms with E-state index in [2.05, 4.69) is 0 Å². The number of hydrogen-bond acceptors (Lipinski definition) is 5. The lowest BCUT2D eigenvalue weighted by atomic mass is 10.0. The van der Waals surface area contributed by atoms with Gasteiger partial charge in [0.05, 0.1) is 20.0 Å². The second-order valence-corrected chi connectivity index (χ2v) is 7.12. The van der Waals surface area contributed by atoms with Gasteiger partial charge in [-0.05, 0) is 25.0 Å². The summed E-state index contributed by atoms with van der Waals surface area (Å²) in [4.78, 5) is 12.5. The Labute approximate surface area is 118 Å². The molecule has 1 heterocycles. The van der Waals surface area contributed by atoms with Gasteiger partial charge in [-0.25, -0.2) is 8.42 Å². The molecule has 1 fully saturated rings. The minimum Gasteiger partial charge on any atom is -0.497 e. The third kappa shape index (κ3) is 2.95. The third-order valence-electron chi connectivity index (χ3n) is 3.51. The molecule has 1 saturated heterocycles. The Morgan fingerprint density at radius 1 is 1.10 bits per heavy atom. The quantitative estimate of drug-likeness (QED) is 0.793. The zero-order valence-electron chi connectivity index (χ0n) is 11.6. The molecule has 0 aliphatic carbocycles. The average molecular weight is 298 g/mol. The number of hydrogen-bond donors (Lipinski definition) is 0. The Morgan fingerprint density at radius 2 is 1.70 bits per heavy atom. The summed E-state index contributed by atoms with van der Waals surface area (Å²) in [5, 5.41) is -0.937. The van der Waals surface area contributed by atoms with Crippen molar-refractivity contribution in [1.82, 2.24) is 0 Å². The van der Waals surface area contributed by atoms with Crippen LogP contribution < -0.4 is 9.47 Å². The van der Waals surface area contributed by atoms with Gasteiger partial charge >= 0.3 is 0 Å². The average Bonchev–Trinajstić information content (AvgIpc) is 2.45. The van der Waals surface area contributed by atoms with Crippen LogP contribution in [0.2, 0.25) is 0 Å². The standard InChI is InChI=1S/C14H18O5S/c1-18-11-7-10(8-12(9-11)19-2)14(15)13-5-3-4-6-20(13,16)17/h7-9,13H,3-6H2,1-2H3. The van der Waals surface area contributed by atoms with Crippen molar-refractivity contribution in [2.75, 3.05) is 20.0 Å². The lowest BCUT2D eigenvalue weighted by Crippen LogP contribution is -2.35. The highest BCUT2D eigenvalue weighted by atomic mass is 32.2. The van der Waals surface area contributed by atoms with Crippen LogP contribution in [0, 0.1) is 0 Å². The molecule has 2 rings (SSSR count). The molecule has 110 valence electrons. The summed E-state index contributed by atoms with van der Waals surface area (Å²) in [6.45, 7) is 0. The summed E-state index contributed by atoms with van der Waals surface area (Å²) >= 11 is 0. The number of ether oxygens (including phenoxy) is 2. The number of Topliss-reactive ketones (excluding diaryl/α,β-unsaturated/α-hetero) is 1. The molecule has 6 heteroatoms. The summed E-state index contributed by atoms with van der Waals surface area (Å²) < 4.78 is 34.3. The van der Waals surface area contributed by atoms with Crippen molar-refractivity contribution in [3.63, 3.8) is 0 Å². The lowest BCUT2D eigenvalue weighted by Gasteiger charge is -2.21. The molecule has 1 aliphatic heterocycles. The molecule has 1 unspecified atom stereocenters. The van der Waals surface area contributed by atoms with Crippen molar-refractivity contribution in [3.8, 4) is 11.5 Å². The molecule has 0 spiro atoms. The van der Waals surface area contributed by atoms with Crippen molar-refractivity contribution < 1.29 is 22.7 Å². The van der Waals surface area contributed by atoms with E-state index in [0.29, 0.717) is 29.9 Å². The minimum absolute atomic E-state index is 0.0878. The number of sulfone groups is 1. The van der Waals surface area contributed by atoms with E-state index in [9.17, 15) is 13.2 Å². The monoisotopic (exact) mass is 298 g/mol. The van der Waals surface area contributed by atoms with Gasteiger partial charge in [-0.3, -0.25) is 4.79 Å². The molecule has 5 nitrogen and oxygen atoms in total. The smallest absolute Gasteiger partial charge is 0.181 e. The normalized spacial score (nSPS) is 21.2. The number of rotatable bonds is 4. The second kappa shape index (κ2) is 5.83. The largest absolute Gasteiger partial charge is 0.497 e. The summed E-state index contributed by atoms with van der Waals surface area (Å²) in [6, 6.07) is 4.75. The summed E-state index contributed by atoms with van der Waals surface area (Å²) in [7, 11) is -0.368. The van der Waals surface area contributed by atoms with Crippen molar-refractivity contribution in [3.05, 3.63) is 23.8 Å². The third-order valence-corrected chi connectivity index (χ3v) is 5.68. The van der Waals surface area contributed by atoms with Crippen molar-refractivity contribution in [2.45, 2.75) is 24.5 Å². The maximum absolute atomic E-state index is 12.5. The predicted molar refractivity (Wildman–Crippen MR) is 75.3 cm³/mol. The van der Waals surface area contributed by atoms with Crippen LogP contribution in [0.1, 0.15) is 29.6 Å². The van der Waals surface area contributed by atoms with Crippen LogP contribution in [-0.2, 0) is 9.84 Å². The number of carbonyl (C=O) groups is 1. The first kappa shape index (κ1) is 14.8. The van der Waals surface area contributed by atoms with Gasteiger partial charge in [0.15, 0.2) is 15.6 Å². The van der Waals surface area contributed by atoms with E-state index in [-0.39, 0.29) is 11.5 Å². The van der Waals surface area contributed by atoms with Crippen molar-refractivity contribution >= 4 is 15.6 Å². The number of carbonyl (C=O) groups excluding carboxylic acids is 1. The predicted octanol–water partition coefficient (Wildman–Crippen LogP) is 1.85. The highest BCUT2D eigenvalue weighted by Crippen LogP contribution is 2.27. The van der Waals surface area contributed by atoms with Crippen molar-refractivity contribution in [2.24, 2.45) is 0 Å². The molecule has 0 aromatic heterocycles. The van der Waals surface area contributed by atoms with E-state index in [1.54, 1.807) is 18.2 Å². The van der Waals surface area contributed by atoms with Crippen LogP contribution in [0.4, 0.5) is 0 Å². The van der Waals surface area contributed by atoms with Gasteiger partial charge in [-0.2, -0.15) is 0 Å². The molecule has 0 N–H and O–H groups in total. The van der Waals surface area contributed by atoms with Crippen LogP contribution in [0.25, 0.3) is 0 Å². The number of ketones is 1. The Bertz CT molecular complexity index is 584. The van der Waals surface area contributed by atoms with Crippen LogP contribution >= 0.6 is 0 Å². The molecule has 0 amide bonds. The zero-order chi connectivity index (χ0) is 14.8. The summed E-state index contributed by atoms with van der Waals surface area (Å²) in [5.74, 6) is 0.661. The molecular formula is C14H18O5S. The van der Waals surface area contributed by atoms with Crippen molar-refractivity contribution in [1.29, 1.82) is 0 Å². The van der Waals surface area contributed by atoms with Gasteiger partial charge in [0.2, 0.25) is 0 Å². The summed E-state index contributed by atoms with van der Waals surface area (Å²) in [5.41, 5.74) is 0.316. The first-order chi connectivity index (χ1) is 9.47. The van der Waals surface area contributed by atoms with E-state index in [4.69, 9.17) is 9.47 Å². The lowest BCUT2D eigenvalue weighted by molar-refractivity contribution is 0.0981. The van der Waals surface area contributed by atoms with Gasteiger partial charge < -0.3 is 9.47 Å². The SMILES string of the molecule is COc1cc(OC)cc(C(=O)C2CCCCS2(=O)=O)c1. The van der Waals surface area contributed by atoms with E-state index in [1.807, 2.05) is 0 Å². The molecule has 1 atom stereocenters. The summed E-state index contributed by atoms with van der Waals surface area (Å²) in [6.07, 6.45) is 1.78. The molecule has 1 aromatic carbocycles. The van der Waals surface area contributed by atoms with Gasteiger partial charge in [-0.15, -0.1) is 0 Å². The Morgan fingerprint density at radius 3 is 2.20 bits per heavy atom. The van der Waals surface area contributed by atoms with Crippen LogP contribution in [-0.4, -0.2) is 39.4 Å². The molecule has 20 heavy (non-hydrogen) atoms. The van der Waals surface area contributed by atoms with Crippen LogP contribution in [0.15, 0.2) is 18.2 Å². The second-order valence-electron chi connectivity index (χ2n) is 4.82. The van der Waals surface area contributed by atoms with E-state index >= 15 is 0 Å². The Balaban J connectivity index is 2.37. The van der Waals surface area contributed by atoms with Gasteiger partial charge in [0, 0.05) is 11.6 Å². The molecule has 0 bridgehead atoms. The molecular weight excluding hydrogens is 280 g/mol. The fraction of sp³-hybridized carbons (Fsp3) is 0.500. The molecule has 1 aromatic rings. The highest BCUT2D eigenvalue weighted by molar-refractivity contribution is 7.92. The first-order valence-electron chi connectivity index (χ1n) is 6.47. The van der Waals surface area contributed by atoms with E-state index in [0.717, 1.165) is 6.42 Å². The topological polar surface area (TPSA) is 69.7 Å². The Kier molecular flexibility index (Phi) is 4.32. The molecule has 0 radical (unpaired) electrons. The minimum atomic E-state index is -3.34. The molecule has 1 aliphatic rings. The fourth-order valence-electron chi connectivity index (χ4n) is 2.38. The number of benzene rings is 1. The van der Waals surface area contributed by atoms with Gasteiger partial charge in [-0.1, -0.05) is 6.42 Å². The van der Waals surface area contributed by atoms with Gasteiger partial charge in [0.25, 0.3) is 0 Å². The first-order valence-corrected chi connectivity index (χ1v) is 8.18. The number of methoxy groups -OCH3 is 2. The van der Waals surface area contributed by atoms with E-state index in [1.165, 1.54) is 14.2 Å². The fourth-order valence-corrected chi connectivity index (χ4v) is 4.26. The van der Waals surface area contributed by atoms with Crippen LogP contribution in [0.5, 0.6) is 11.5 Å². The van der Waals surface area contributed by atoms with Gasteiger partial charge in [0.1, 0.15) is 16.7 Å². The van der Waals surface area contributed by atoms with E-state index < -0.39 is 15.1 Å². The van der Waals surface area contributed by atoms with Crippen LogP contribution in [0.3, 0.4) is 0 Å². The Hall–Kier alpha value is -1.56. The molecule has 0 saturated carbocycles. The highest BCUT2D eigenvalue weighted by Gasteiger charge is 2.35. The maximum atomic E-state index is 12.5. The maximum Gasteiger partial charge on any atom is 0.181 e.